The Labute approximate surface area is 130 Å². The standard InChI is InChI=1S/C17H23NO2S/c1-11-6-9-17(21-11)13(3)18-12(2)15-8-7-14(19-4)10-16(15)20-5/h6-10,12-13,18H,1-5H3. The second-order valence-corrected chi connectivity index (χ2v) is 6.49. The largest absolute Gasteiger partial charge is 0.497 e. The highest BCUT2D eigenvalue weighted by atomic mass is 32.1. The number of ether oxygens (including phenoxy) is 2. The predicted octanol–water partition coefficient (Wildman–Crippen LogP) is 4.49. The molecule has 1 aromatic heterocycles. The lowest BCUT2D eigenvalue weighted by Gasteiger charge is -2.21. The Bertz CT molecular complexity index is 594. The quantitative estimate of drug-likeness (QED) is 0.853. The summed E-state index contributed by atoms with van der Waals surface area (Å²) in [7, 11) is 3.36. The van der Waals surface area contributed by atoms with Crippen LogP contribution < -0.4 is 14.8 Å². The average molecular weight is 305 g/mol. The Hall–Kier alpha value is -1.52. The normalized spacial score (nSPS) is 13.8. The molecular weight excluding hydrogens is 282 g/mol. The molecule has 114 valence electrons. The summed E-state index contributed by atoms with van der Waals surface area (Å²) in [5, 5.41) is 3.63. The minimum absolute atomic E-state index is 0.197. The molecule has 3 nitrogen and oxygen atoms in total. The number of rotatable bonds is 6. The average Bonchev–Trinajstić information content (AvgIpc) is 2.93. The van der Waals surface area contributed by atoms with Crippen LogP contribution in [0, 0.1) is 6.92 Å². The molecule has 1 N–H and O–H groups in total. The monoisotopic (exact) mass is 305 g/mol. The van der Waals surface area contributed by atoms with Crippen LogP contribution >= 0.6 is 11.3 Å². The van der Waals surface area contributed by atoms with Gasteiger partial charge in [0, 0.05) is 33.5 Å². The molecule has 2 aromatic rings. The fourth-order valence-electron chi connectivity index (χ4n) is 2.41. The number of hydrogen-bond acceptors (Lipinski definition) is 4. The summed E-state index contributed by atoms with van der Waals surface area (Å²) in [6.45, 7) is 6.48. The molecule has 1 aromatic carbocycles. The third-order valence-corrected chi connectivity index (χ3v) is 4.78. The number of aryl methyl sites for hydroxylation is 1. The lowest BCUT2D eigenvalue weighted by Crippen LogP contribution is -2.22. The summed E-state index contributed by atoms with van der Waals surface area (Å²) in [5.74, 6) is 1.66. The van der Waals surface area contributed by atoms with Crippen molar-refractivity contribution in [3.05, 3.63) is 45.6 Å². The van der Waals surface area contributed by atoms with Crippen LogP contribution in [-0.4, -0.2) is 14.2 Å². The van der Waals surface area contributed by atoms with Gasteiger partial charge in [0.2, 0.25) is 0 Å². The molecule has 0 radical (unpaired) electrons. The maximum Gasteiger partial charge on any atom is 0.127 e. The van der Waals surface area contributed by atoms with Crippen LogP contribution in [0.25, 0.3) is 0 Å². The molecule has 0 amide bonds. The number of methoxy groups -OCH3 is 2. The van der Waals surface area contributed by atoms with Gasteiger partial charge >= 0.3 is 0 Å². The van der Waals surface area contributed by atoms with Gasteiger partial charge in [0.05, 0.1) is 14.2 Å². The lowest BCUT2D eigenvalue weighted by molar-refractivity contribution is 0.383. The second kappa shape index (κ2) is 6.96. The number of thiophene rings is 1. The molecule has 0 fully saturated rings. The van der Waals surface area contributed by atoms with E-state index in [1.807, 2.05) is 23.5 Å². The highest BCUT2D eigenvalue weighted by Gasteiger charge is 2.16. The van der Waals surface area contributed by atoms with E-state index in [1.54, 1.807) is 14.2 Å². The van der Waals surface area contributed by atoms with E-state index in [9.17, 15) is 0 Å². The van der Waals surface area contributed by atoms with Crippen molar-refractivity contribution in [3.8, 4) is 11.5 Å². The van der Waals surface area contributed by atoms with Gasteiger partial charge in [-0.2, -0.15) is 0 Å². The molecule has 0 aliphatic heterocycles. The first-order chi connectivity index (χ1) is 10.0. The number of benzene rings is 1. The van der Waals surface area contributed by atoms with Gasteiger partial charge < -0.3 is 14.8 Å². The van der Waals surface area contributed by atoms with Gasteiger partial charge in [-0.3, -0.25) is 0 Å². The number of nitrogens with one attached hydrogen (secondary N) is 1. The van der Waals surface area contributed by atoms with Crippen LogP contribution in [-0.2, 0) is 0 Å². The molecule has 2 rings (SSSR count). The van der Waals surface area contributed by atoms with E-state index in [-0.39, 0.29) is 6.04 Å². The Kier molecular flexibility index (Phi) is 5.26. The van der Waals surface area contributed by atoms with Crippen molar-refractivity contribution in [2.75, 3.05) is 14.2 Å². The summed E-state index contributed by atoms with van der Waals surface area (Å²) in [6.07, 6.45) is 0. The molecule has 1 heterocycles. The van der Waals surface area contributed by atoms with E-state index < -0.39 is 0 Å². The van der Waals surface area contributed by atoms with Crippen molar-refractivity contribution in [2.45, 2.75) is 32.9 Å². The van der Waals surface area contributed by atoms with E-state index >= 15 is 0 Å². The summed E-state index contributed by atoms with van der Waals surface area (Å²) in [5.41, 5.74) is 1.14. The maximum absolute atomic E-state index is 5.48. The van der Waals surface area contributed by atoms with E-state index in [1.165, 1.54) is 9.75 Å². The van der Waals surface area contributed by atoms with E-state index in [2.05, 4.69) is 44.3 Å². The van der Waals surface area contributed by atoms with Crippen LogP contribution in [0.4, 0.5) is 0 Å². The molecule has 2 unspecified atom stereocenters. The van der Waals surface area contributed by atoms with Gasteiger partial charge in [-0.1, -0.05) is 6.07 Å². The van der Waals surface area contributed by atoms with Gasteiger partial charge in [0.25, 0.3) is 0 Å². The van der Waals surface area contributed by atoms with Crippen molar-refractivity contribution >= 4 is 11.3 Å². The first-order valence-corrected chi connectivity index (χ1v) is 7.91. The summed E-state index contributed by atoms with van der Waals surface area (Å²) < 4.78 is 10.7. The summed E-state index contributed by atoms with van der Waals surface area (Å²) in [4.78, 5) is 2.69. The van der Waals surface area contributed by atoms with Crippen molar-refractivity contribution in [1.82, 2.24) is 5.32 Å². The summed E-state index contributed by atoms with van der Waals surface area (Å²) >= 11 is 1.84. The Morgan fingerprint density at radius 2 is 1.76 bits per heavy atom. The molecule has 0 spiro atoms. The van der Waals surface area contributed by atoms with Crippen molar-refractivity contribution < 1.29 is 9.47 Å². The third kappa shape index (κ3) is 3.77. The SMILES string of the molecule is COc1ccc(C(C)NC(C)c2ccc(C)s2)c(OC)c1. The molecule has 0 saturated carbocycles. The minimum atomic E-state index is 0.197. The fraction of sp³-hybridized carbons (Fsp3) is 0.412. The topological polar surface area (TPSA) is 30.5 Å². The molecular formula is C17H23NO2S. The Balaban J connectivity index is 2.14. The Morgan fingerprint density at radius 1 is 1.00 bits per heavy atom. The van der Waals surface area contributed by atoms with E-state index in [4.69, 9.17) is 9.47 Å². The van der Waals surface area contributed by atoms with Crippen molar-refractivity contribution in [3.63, 3.8) is 0 Å². The molecule has 0 aliphatic carbocycles. The van der Waals surface area contributed by atoms with Gasteiger partial charge in [-0.05, 0) is 39.0 Å². The molecule has 0 saturated heterocycles. The first-order valence-electron chi connectivity index (χ1n) is 7.09. The Morgan fingerprint density at radius 3 is 2.33 bits per heavy atom. The summed E-state index contributed by atoms with van der Waals surface area (Å²) in [6, 6.07) is 10.8. The van der Waals surface area contributed by atoms with Crippen LogP contribution in [0.5, 0.6) is 11.5 Å². The van der Waals surface area contributed by atoms with Gasteiger partial charge in [0.15, 0.2) is 0 Å². The van der Waals surface area contributed by atoms with Crippen molar-refractivity contribution in [2.24, 2.45) is 0 Å². The lowest BCUT2D eigenvalue weighted by atomic mass is 10.1. The highest BCUT2D eigenvalue weighted by Crippen LogP contribution is 2.31. The molecule has 0 aliphatic rings. The zero-order valence-corrected chi connectivity index (χ0v) is 14.1. The van der Waals surface area contributed by atoms with Gasteiger partial charge in [0.1, 0.15) is 11.5 Å². The minimum Gasteiger partial charge on any atom is -0.497 e. The molecule has 2 atom stereocenters. The maximum atomic E-state index is 5.48. The van der Waals surface area contributed by atoms with E-state index in [0.29, 0.717) is 6.04 Å². The zero-order valence-electron chi connectivity index (χ0n) is 13.3. The van der Waals surface area contributed by atoms with Gasteiger partial charge in [-0.25, -0.2) is 0 Å². The number of hydrogen-bond donors (Lipinski definition) is 1. The van der Waals surface area contributed by atoms with Crippen molar-refractivity contribution in [1.29, 1.82) is 0 Å². The van der Waals surface area contributed by atoms with Crippen LogP contribution in [0.15, 0.2) is 30.3 Å². The van der Waals surface area contributed by atoms with Gasteiger partial charge in [-0.15, -0.1) is 11.3 Å². The molecule has 0 bridgehead atoms. The smallest absolute Gasteiger partial charge is 0.127 e. The van der Waals surface area contributed by atoms with Crippen LogP contribution in [0.1, 0.15) is 41.2 Å². The predicted molar refractivity (Wildman–Crippen MR) is 88.6 cm³/mol. The second-order valence-electron chi connectivity index (χ2n) is 5.17. The van der Waals surface area contributed by atoms with Crippen LogP contribution in [0.2, 0.25) is 0 Å². The highest BCUT2D eigenvalue weighted by molar-refractivity contribution is 7.12. The third-order valence-electron chi connectivity index (χ3n) is 3.60. The first kappa shape index (κ1) is 15.9. The van der Waals surface area contributed by atoms with Crippen LogP contribution in [0.3, 0.4) is 0 Å². The fourth-order valence-corrected chi connectivity index (χ4v) is 3.30. The zero-order chi connectivity index (χ0) is 15.4. The van der Waals surface area contributed by atoms with E-state index in [0.717, 1.165) is 17.1 Å². The molecule has 21 heavy (non-hydrogen) atoms. The molecule has 4 heteroatoms.